The molecule has 0 atom stereocenters. The van der Waals surface area contributed by atoms with Crippen molar-refractivity contribution in [2.75, 3.05) is 14.2 Å². The molecule has 0 aromatic heterocycles. The average Bonchev–Trinajstić information content (AvgIpc) is 3.49. The van der Waals surface area contributed by atoms with Gasteiger partial charge in [0.1, 0.15) is 0 Å². The number of hydrogen-bond acceptors (Lipinski definition) is 3. The summed E-state index contributed by atoms with van der Waals surface area (Å²) in [7, 11) is 3.25. The topological polar surface area (TPSA) is 38.8 Å². The van der Waals surface area contributed by atoms with Crippen LogP contribution in [0.2, 0.25) is 0 Å². The van der Waals surface area contributed by atoms with Crippen LogP contribution in [-0.2, 0) is 17.8 Å². The van der Waals surface area contributed by atoms with E-state index in [0.717, 1.165) is 18.4 Å². The van der Waals surface area contributed by atoms with Crippen LogP contribution in [-0.4, -0.2) is 31.1 Å². The first kappa shape index (κ1) is 17.3. The molecule has 1 aliphatic rings. The first-order valence-electron chi connectivity index (χ1n) is 8.75. The average molecular weight is 339 g/mol. The molecule has 132 valence electrons. The largest absolute Gasteiger partial charge is 0.493 e. The van der Waals surface area contributed by atoms with Crippen LogP contribution in [0.5, 0.6) is 11.5 Å². The molecular weight excluding hydrogens is 314 g/mol. The number of methoxy groups -OCH3 is 2. The maximum Gasteiger partial charge on any atom is 0.223 e. The predicted octanol–water partition coefficient (Wildman–Crippen LogP) is 3.83. The van der Waals surface area contributed by atoms with Crippen molar-refractivity contribution in [1.29, 1.82) is 0 Å². The van der Waals surface area contributed by atoms with Crippen LogP contribution in [0.15, 0.2) is 48.5 Å². The zero-order chi connectivity index (χ0) is 17.6. The van der Waals surface area contributed by atoms with Gasteiger partial charge in [-0.15, -0.1) is 0 Å². The highest BCUT2D eigenvalue weighted by molar-refractivity contribution is 5.77. The summed E-state index contributed by atoms with van der Waals surface area (Å²) >= 11 is 0. The zero-order valence-electron chi connectivity index (χ0n) is 14.9. The minimum atomic E-state index is 0.223. The van der Waals surface area contributed by atoms with E-state index in [9.17, 15) is 4.79 Å². The predicted molar refractivity (Wildman–Crippen MR) is 97.9 cm³/mol. The summed E-state index contributed by atoms with van der Waals surface area (Å²) in [6, 6.07) is 16.5. The molecule has 0 aliphatic heterocycles. The maximum atomic E-state index is 12.7. The number of rotatable bonds is 8. The molecule has 4 heteroatoms. The first-order chi connectivity index (χ1) is 12.2. The maximum absolute atomic E-state index is 12.7. The first-order valence-corrected chi connectivity index (χ1v) is 8.75. The van der Waals surface area contributed by atoms with E-state index in [0.29, 0.717) is 36.9 Å². The molecule has 0 N–H and O–H groups in total. The monoisotopic (exact) mass is 339 g/mol. The van der Waals surface area contributed by atoms with Crippen molar-refractivity contribution in [1.82, 2.24) is 4.90 Å². The molecule has 1 aliphatic carbocycles. The molecule has 2 aromatic carbocycles. The van der Waals surface area contributed by atoms with Gasteiger partial charge in [0.25, 0.3) is 0 Å². The summed E-state index contributed by atoms with van der Waals surface area (Å²) in [6.45, 7) is 0.705. The number of carbonyl (C=O) groups excluding carboxylic acids is 1. The highest BCUT2D eigenvalue weighted by atomic mass is 16.5. The second kappa shape index (κ2) is 8.06. The summed E-state index contributed by atoms with van der Waals surface area (Å²) in [5, 5.41) is 0. The molecule has 0 heterocycles. The van der Waals surface area contributed by atoms with Gasteiger partial charge in [0, 0.05) is 19.0 Å². The van der Waals surface area contributed by atoms with E-state index in [1.54, 1.807) is 14.2 Å². The molecule has 1 saturated carbocycles. The number of amides is 1. The fourth-order valence-electron chi connectivity index (χ4n) is 3.02. The Morgan fingerprint density at radius 3 is 2.36 bits per heavy atom. The number of hydrogen-bond donors (Lipinski definition) is 0. The number of carbonyl (C=O) groups is 1. The second-order valence-corrected chi connectivity index (χ2v) is 6.43. The molecule has 0 radical (unpaired) electrons. The van der Waals surface area contributed by atoms with E-state index in [4.69, 9.17) is 9.47 Å². The highest BCUT2D eigenvalue weighted by Gasteiger charge is 2.32. The highest BCUT2D eigenvalue weighted by Crippen LogP contribution is 2.30. The molecule has 4 nitrogen and oxygen atoms in total. The molecule has 25 heavy (non-hydrogen) atoms. The minimum absolute atomic E-state index is 0.223. The Morgan fingerprint density at radius 2 is 1.72 bits per heavy atom. The molecule has 0 saturated heterocycles. The lowest BCUT2D eigenvalue weighted by atomic mass is 10.1. The molecule has 1 amide bonds. The molecule has 3 rings (SSSR count). The third-order valence-electron chi connectivity index (χ3n) is 4.58. The van der Waals surface area contributed by atoms with E-state index < -0.39 is 0 Å². The number of benzene rings is 2. The van der Waals surface area contributed by atoms with Gasteiger partial charge < -0.3 is 14.4 Å². The van der Waals surface area contributed by atoms with Gasteiger partial charge in [-0.2, -0.15) is 0 Å². The van der Waals surface area contributed by atoms with Crippen LogP contribution in [0, 0.1) is 0 Å². The Hall–Kier alpha value is -2.49. The van der Waals surface area contributed by atoms with Crippen molar-refractivity contribution in [3.05, 3.63) is 59.7 Å². The van der Waals surface area contributed by atoms with Crippen LogP contribution in [0.3, 0.4) is 0 Å². The Labute approximate surface area is 149 Å². The normalized spacial score (nSPS) is 13.4. The number of ether oxygens (including phenoxy) is 2. The molecule has 0 spiro atoms. The van der Waals surface area contributed by atoms with Gasteiger partial charge in [-0.25, -0.2) is 0 Å². The van der Waals surface area contributed by atoms with Crippen LogP contribution >= 0.6 is 0 Å². The molecule has 0 unspecified atom stereocenters. The van der Waals surface area contributed by atoms with Gasteiger partial charge in [-0.3, -0.25) is 4.79 Å². The van der Waals surface area contributed by atoms with Crippen molar-refractivity contribution in [2.45, 2.75) is 38.3 Å². The lowest BCUT2D eigenvalue weighted by Gasteiger charge is -2.23. The molecule has 0 bridgehead atoms. The van der Waals surface area contributed by atoms with Crippen molar-refractivity contribution in [3.8, 4) is 11.5 Å². The summed E-state index contributed by atoms with van der Waals surface area (Å²) < 4.78 is 10.6. The second-order valence-electron chi connectivity index (χ2n) is 6.43. The number of nitrogens with zero attached hydrogens (tertiary/aromatic N) is 1. The molecular formula is C21H25NO3. The standard InChI is InChI=1S/C21H25NO3/c1-24-19-12-8-16(14-20(19)25-2)9-13-21(23)22(18-10-11-18)15-17-6-4-3-5-7-17/h3-8,12,14,18H,9-11,13,15H2,1-2H3. The van der Waals surface area contributed by atoms with Crippen molar-refractivity contribution in [2.24, 2.45) is 0 Å². The summed E-state index contributed by atoms with van der Waals surface area (Å²) in [5.41, 5.74) is 2.27. The fraction of sp³-hybridized carbons (Fsp3) is 0.381. The van der Waals surface area contributed by atoms with E-state index in [1.807, 2.05) is 41.3 Å². The van der Waals surface area contributed by atoms with Crippen LogP contribution < -0.4 is 9.47 Å². The van der Waals surface area contributed by atoms with Gasteiger partial charge in [0.05, 0.1) is 14.2 Å². The zero-order valence-corrected chi connectivity index (χ0v) is 14.9. The molecule has 2 aromatic rings. The Morgan fingerprint density at radius 1 is 1.00 bits per heavy atom. The van der Waals surface area contributed by atoms with Crippen LogP contribution in [0.25, 0.3) is 0 Å². The fourth-order valence-corrected chi connectivity index (χ4v) is 3.02. The summed E-state index contributed by atoms with van der Waals surface area (Å²) in [5.74, 6) is 1.64. The van der Waals surface area contributed by atoms with E-state index >= 15 is 0 Å². The van der Waals surface area contributed by atoms with Gasteiger partial charge in [0.2, 0.25) is 5.91 Å². The van der Waals surface area contributed by atoms with Gasteiger partial charge in [-0.05, 0) is 42.5 Å². The van der Waals surface area contributed by atoms with Crippen LogP contribution in [0.1, 0.15) is 30.4 Å². The number of aryl methyl sites for hydroxylation is 1. The molecule has 1 fully saturated rings. The Balaban J connectivity index is 1.62. The summed E-state index contributed by atoms with van der Waals surface area (Å²) in [4.78, 5) is 14.8. The van der Waals surface area contributed by atoms with Crippen molar-refractivity contribution < 1.29 is 14.3 Å². The van der Waals surface area contributed by atoms with Crippen molar-refractivity contribution in [3.63, 3.8) is 0 Å². The smallest absolute Gasteiger partial charge is 0.223 e. The van der Waals surface area contributed by atoms with Crippen molar-refractivity contribution >= 4 is 5.91 Å². The van der Waals surface area contributed by atoms with Gasteiger partial charge in [0.15, 0.2) is 11.5 Å². The third kappa shape index (κ3) is 4.53. The van der Waals surface area contributed by atoms with Gasteiger partial charge in [-0.1, -0.05) is 36.4 Å². The Kier molecular flexibility index (Phi) is 5.59. The van der Waals surface area contributed by atoms with E-state index in [-0.39, 0.29) is 5.91 Å². The van der Waals surface area contributed by atoms with Gasteiger partial charge >= 0.3 is 0 Å². The lowest BCUT2D eigenvalue weighted by Crippen LogP contribution is -2.32. The SMILES string of the molecule is COc1ccc(CCC(=O)N(Cc2ccccc2)C2CC2)cc1OC. The van der Waals surface area contributed by atoms with E-state index in [2.05, 4.69) is 12.1 Å². The van der Waals surface area contributed by atoms with Crippen LogP contribution in [0.4, 0.5) is 0 Å². The Bertz CT molecular complexity index is 710. The lowest BCUT2D eigenvalue weighted by molar-refractivity contribution is -0.132. The minimum Gasteiger partial charge on any atom is -0.493 e. The van der Waals surface area contributed by atoms with E-state index in [1.165, 1.54) is 5.56 Å². The quantitative estimate of drug-likeness (QED) is 0.734. The summed E-state index contributed by atoms with van der Waals surface area (Å²) in [6.07, 6.45) is 3.46. The third-order valence-corrected chi connectivity index (χ3v) is 4.58.